The van der Waals surface area contributed by atoms with Crippen LogP contribution >= 0.6 is 0 Å². The highest BCUT2D eigenvalue weighted by Crippen LogP contribution is 2.42. The van der Waals surface area contributed by atoms with E-state index in [1.165, 1.54) is 10.6 Å². The maximum absolute atomic E-state index is 13.3. The molecule has 10 nitrogen and oxygen atoms in total. The molecule has 3 aliphatic rings. The van der Waals surface area contributed by atoms with Crippen molar-refractivity contribution in [3.63, 3.8) is 0 Å². The highest BCUT2D eigenvalue weighted by molar-refractivity contribution is 5.96. The normalized spacial score (nSPS) is 21.9. The van der Waals surface area contributed by atoms with Gasteiger partial charge in [-0.1, -0.05) is 18.4 Å². The van der Waals surface area contributed by atoms with Crippen LogP contribution in [0.25, 0.3) is 11.7 Å². The van der Waals surface area contributed by atoms with Gasteiger partial charge in [-0.15, -0.1) is 0 Å². The monoisotopic (exact) mass is 561 g/mol. The largest absolute Gasteiger partial charge is 0.477 e. The van der Waals surface area contributed by atoms with E-state index in [1.807, 2.05) is 20.8 Å². The maximum Gasteiger partial charge on any atom is 0.378 e. The Morgan fingerprint density at radius 3 is 2.55 bits per heavy atom. The van der Waals surface area contributed by atoms with Gasteiger partial charge in [-0.05, 0) is 44.6 Å². The first-order chi connectivity index (χ1) is 18.8. The fourth-order valence-electron chi connectivity index (χ4n) is 5.90. The molecular formula is C28H39F2N6O4+. The molecule has 2 aromatic rings. The van der Waals surface area contributed by atoms with Crippen LogP contribution in [0.1, 0.15) is 68.1 Å². The van der Waals surface area contributed by atoms with Gasteiger partial charge in [0.15, 0.2) is 0 Å². The van der Waals surface area contributed by atoms with Crippen molar-refractivity contribution < 1.29 is 28.0 Å². The summed E-state index contributed by atoms with van der Waals surface area (Å²) in [7, 11) is 0. The van der Waals surface area contributed by atoms with Crippen LogP contribution in [0.5, 0.6) is 5.88 Å². The van der Waals surface area contributed by atoms with Gasteiger partial charge in [-0.2, -0.15) is 4.57 Å². The van der Waals surface area contributed by atoms with Crippen molar-refractivity contribution >= 4 is 23.5 Å². The Kier molecular flexibility index (Phi) is 7.49. The van der Waals surface area contributed by atoms with E-state index in [1.54, 1.807) is 22.5 Å². The number of carbonyl (C=O) groups excluding carboxylic acids is 2. The number of alkyl halides is 2. The van der Waals surface area contributed by atoms with E-state index in [2.05, 4.69) is 15.3 Å². The number of hydrogen-bond acceptors (Lipinski definition) is 5. The Hall–Kier alpha value is -3.28. The number of aromatic hydroxyl groups is 1. The van der Waals surface area contributed by atoms with Crippen LogP contribution in [0.3, 0.4) is 0 Å². The summed E-state index contributed by atoms with van der Waals surface area (Å²) < 4.78 is 29.2. The second kappa shape index (κ2) is 10.6. The molecule has 0 unspecified atom stereocenters. The molecule has 0 aromatic carbocycles. The fourth-order valence-corrected chi connectivity index (χ4v) is 5.90. The van der Waals surface area contributed by atoms with E-state index in [-0.39, 0.29) is 48.2 Å². The lowest BCUT2D eigenvalue weighted by Gasteiger charge is -2.43. The molecule has 12 heteroatoms. The average Bonchev–Trinajstić information content (AvgIpc) is 3.59. The third-order valence-corrected chi connectivity index (χ3v) is 8.05. The minimum atomic E-state index is -2.53. The number of rotatable bonds is 8. The number of nitrogens with one attached hydrogen (secondary N) is 2. The molecule has 3 heterocycles. The summed E-state index contributed by atoms with van der Waals surface area (Å²) in [6.45, 7) is 10.4. The standard InChI is InChI=1S/C28H38F2N6O4/c1-16(2)13-35-25-21(18(4)32-36(25)27(40)23(26(35)39)24(38)31-20-5-6-20)7-8-22(37)34-10-9-33(14-17(34)3)15-19-11-28(29,30)12-19/h7-8,16-17,19-20H,5-6,9-15H2,1-4H3,(H2,31,38,39,40)/p+1/b8-7+/t17-/m1/s1. The Balaban J connectivity index is 1.38. The van der Waals surface area contributed by atoms with E-state index in [4.69, 9.17) is 0 Å². The minimum Gasteiger partial charge on any atom is -0.477 e. The van der Waals surface area contributed by atoms with Crippen molar-refractivity contribution in [3.8, 4) is 5.88 Å². The minimum absolute atomic E-state index is 0.00634. The molecule has 2 amide bonds. The van der Waals surface area contributed by atoms with Gasteiger partial charge in [-0.3, -0.25) is 14.5 Å². The van der Waals surface area contributed by atoms with Crippen molar-refractivity contribution in [2.24, 2.45) is 11.8 Å². The first kappa shape index (κ1) is 28.3. The zero-order chi connectivity index (χ0) is 28.9. The lowest BCUT2D eigenvalue weighted by molar-refractivity contribution is -0.686. The highest BCUT2D eigenvalue weighted by atomic mass is 19.3. The van der Waals surface area contributed by atoms with E-state index in [0.717, 1.165) is 12.8 Å². The summed E-state index contributed by atoms with van der Waals surface area (Å²) in [5, 5.41) is 16.9. The molecule has 3 fully saturated rings. The van der Waals surface area contributed by atoms with Crippen molar-refractivity contribution in [1.82, 2.24) is 24.7 Å². The Labute approximate surface area is 231 Å². The smallest absolute Gasteiger partial charge is 0.378 e. The molecule has 40 heavy (non-hydrogen) atoms. The number of amides is 2. The van der Waals surface area contributed by atoms with Crippen LogP contribution in [0, 0.1) is 18.8 Å². The van der Waals surface area contributed by atoms with Gasteiger partial charge >= 0.3 is 17.1 Å². The van der Waals surface area contributed by atoms with Gasteiger partial charge in [-0.25, -0.2) is 18.7 Å². The van der Waals surface area contributed by atoms with Gasteiger partial charge in [0.2, 0.25) is 17.4 Å². The van der Waals surface area contributed by atoms with Crippen LogP contribution in [-0.4, -0.2) is 80.5 Å². The number of fused-ring (bicyclic) bond motifs is 1. The molecule has 2 saturated carbocycles. The number of H-pyrrole nitrogens is 1. The SMILES string of the molecule is Cc1[nH]n2c(=O)c(C(=O)NC3CC3)c(O)[n+](CC(C)C)c2c1/C=C/C(=O)N1CCN(CC2CC(F)(F)C2)C[C@H]1C. The Morgan fingerprint density at radius 2 is 1.95 bits per heavy atom. The summed E-state index contributed by atoms with van der Waals surface area (Å²) in [6, 6.07) is -0.0618. The molecule has 3 N–H and O–H groups in total. The predicted octanol–water partition coefficient (Wildman–Crippen LogP) is 2.07. The number of hydrogen-bond donors (Lipinski definition) is 3. The summed E-state index contributed by atoms with van der Waals surface area (Å²) in [5.74, 6) is -3.62. The van der Waals surface area contributed by atoms with Gasteiger partial charge in [0.05, 0.1) is 17.8 Å². The second-order valence-electron chi connectivity index (χ2n) is 12.2. The molecule has 1 aliphatic heterocycles. The molecule has 1 saturated heterocycles. The van der Waals surface area contributed by atoms with Crippen molar-refractivity contribution in [3.05, 3.63) is 33.3 Å². The number of aryl methyl sites for hydroxylation is 1. The molecule has 218 valence electrons. The van der Waals surface area contributed by atoms with Crippen LogP contribution < -0.4 is 15.4 Å². The van der Waals surface area contributed by atoms with Crippen molar-refractivity contribution in [2.75, 3.05) is 26.2 Å². The van der Waals surface area contributed by atoms with Crippen LogP contribution in [-0.2, 0) is 11.3 Å². The van der Waals surface area contributed by atoms with Gasteiger partial charge in [0.25, 0.3) is 5.91 Å². The number of carbonyl (C=O) groups is 2. The molecule has 0 radical (unpaired) electrons. The van der Waals surface area contributed by atoms with Gasteiger partial charge < -0.3 is 15.3 Å². The number of aromatic amines is 1. The molecule has 1 atom stereocenters. The Bertz CT molecular complexity index is 1400. The van der Waals surface area contributed by atoms with Crippen LogP contribution in [0.4, 0.5) is 8.78 Å². The predicted molar refractivity (Wildman–Crippen MR) is 144 cm³/mol. The topological polar surface area (TPSA) is 114 Å². The fraction of sp³-hybridized carbons (Fsp3) is 0.643. The van der Waals surface area contributed by atoms with Gasteiger partial charge in [0, 0.05) is 57.2 Å². The van der Waals surface area contributed by atoms with Crippen LogP contribution in [0.2, 0.25) is 0 Å². The van der Waals surface area contributed by atoms with Crippen molar-refractivity contribution in [2.45, 2.75) is 77.9 Å². The van der Waals surface area contributed by atoms with Crippen molar-refractivity contribution in [1.29, 1.82) is 0 Å². The summed E-state index contributed by atoms with van der Waals surface area (Å²) in [6.07, 6.45) is 4.67. The molecule has 0 spiro atoms. The number of halogens is 2. The van der Waals surface area contributed by atoms with E-state index in [9.17, 15) is 28.3 Å². The summed E-state index contributed by atoms with van der Waals surface area (Å²) >= 11 is 0. The number of nitrogens with zero attached hydrogens (tertiary/aromatic N) is 4. The van der Waals surface area contributed by atoms with E-state index < -0.39 is 23.3 Å². The molecular weight excluding hydrogens is 522 g/mol. The third-order valence-electron chi connectivity index (χ3n) is 8.05. The van der Waals surface area contributed by atoms with Gasteiger partial charge in [0.1, 0.15) is 0 Å². The molecule has 0 bridgehead atoms. The Morgan fingerprint density at radius 1 is 1.25 bits per heavy atom. The quantitative estimate of drug-likeness (QED) is 0.337. The number of piperazine rings is 1. The van der Waals surface area contributed by atoms with E-state index >= 15 is 0 Å². The molecule has 5 rings (SSSR count). The average molecular weight is 562 g/mol. The van der Waals surface area contributed by atoms with E-state index in [0.29, 0.717) is 49.6 Å². The third kappa shape index (κ3) is 5.63. The first-order valence-corrected chi connectivity index (χ1v) is 14.1. The number of aromatic nitrogens is 3. The maximum atomic E-state index is 13.3. The lowest BCUT2D eigenvalue weighted by atomic mass is 9.81. The first-order valence-electron chi connectivity index (χ1n) is 14.1. The lowest BCUT2D eigenvalue weighted by Crippen LogP contribution is -2.55. The summed E-state index contributed by atoms with van der Waals surface area (Å²) in [5.41, 5.74) is 0.570. The molecule has 2 aliphatic carbocycles. The second-order valence-corrected chi connectivity index (χ2v) is 12.2. The molecule has 2 aromatic heterocycles. The highest BCUT2D eigenvalue weighted by Gasteiger charge is 2.46. The zero-order valence-electron chi connectivity index (χ0n) is 23.5. The summed E-state index contributed by atoms with van der Waals surface area (Å²) in [4.78, 5) is 43.3. The zero-order valence-corrected chi connectivity index (χ0v) is 23.5. The van der Waals surface area contributed by atoms with Crippen LogP contribution in [0.15, 0.2) is 10.9 Å².